The zero-order valence-corrected chi connectivity index (χ0v) is 14.5. The Labute approximate surface area is 137 Å². The summed E-state index contributed by atoms with van der Waals surface area (Å²) in [6, 6.07) is 7.72. The number of benzene rings is 1. The summed E-state index contributed by atoms with van der Waals surface area (Å²) >= 11 is 0. The van der Waals surface area contributed by atoms with Gasteiger partial charge in [-0.1, -0.05) is 12.1 Å². The Morgan fingerprint density at radius 3 is 2.61 bits per heavy atom. The van der Waals surface area contributed by atoms with Gasteiger partial charge < -0.3 is 19.7 Å². The first-order chi connectivity index (χ1) is 10.9. The molecular formula is C17H25N5O. The number of hydrogen-bond donors (Lipinski definition) is 1. The van der Waals surface area contributed by atoms with Gasteiger partial charge in [-0.25, -0.2) is 4.98 Å². The minimum Gasteiger partial charge on any atom is -0.348 e. The molecule has 0 unspecified atom stereocenters. The van der Waals surface area contributed by atoms with E-state index in [1.165, 1.54) is 0 Å². The van der Waals surface area contributed by atoms with E-state index in [0.29, 0.717) is 12.1 Å². The van der Waals surface area contributed by atoms with Crippen LogP contribution in [0.2, 0.25) is 0 Å². The zero-order valence-electron chi connectivity index (χ0n) is 14.5. The number of imidazole rings is 1. The second-order valence-corrected chi connectivity index (χ2v) is 6.12. The molecule has 0 fully saturated rings. The van der Waals surface area contributed by atoms with Crippen LogP contribution in [0.1, 0.15) is 21.6 Å². The number of carbonyl (C=O) groups excluding carboxylic acids is 1. The van der Waals surface area contributed by atoms with Crippen LogP contribution in [0, 0.1) is 0 Å². The molecule has 1 aromatic heterocycles. The first kappa shape index (κ1) is 17.0. The van der Waals surface area contributed by atoms with Gasteiger partial charge in [-0.3, -0.25) is 4.79 Å². The van der Waals surface area contributed by atoms with Gasteiger partial charge >= 0.3 is 0 Å². The standard InChI is InChI=1S/C17H25N5O/c1-20(2)12-13-7-6-8-14(9-13)16(23)18-10-15-11-19-17(21(3)4)22(15)5/h6-9,11H,10,12H2,1-5H3,(H,18,23). The molecule has 0 aliphatic rings. The Bertz CT molecular complexity index is 675. The van der Waals surface area contributed by atoms with Gasteiger partial charge in [-0.05, 0) is 31.8 Å². The number of nitrogens with one attached hydrogen (secondary N) is 1. The van der Waals surface area contributed by atoms with E-state index in [4.69, 9.17) is 0 Å². The van der Waals surface area contributed by atoms with Crippen LogP contribution in [0.15, 0.2) is 30.5 Å². The van der Waals surface area contributed by atoms with Crippen LogP contribution in [0.3, 0.4) is 0 Å². The first-order valence-corrected chi connectivity index (χ1v) is 7.58. The van der Waals surface area contributed by atoms with Gasteiger partial charge in [0.15, 0.2) is 0 Å². The highest BCUT2D eigenvalue weighted by molar-refractivity contribution is 5.94. The molecule has 0 bridgehead atoms. The number of carbonyl (C=O) groups is 1. The summed E-state index contributed by atoms with van der Waals surface area (Å²) in [5, 5.41) is 2.96. The number of hydrogen-bond acceptors (Lipinski definition) is 4. The molecule has 0 saturated carbocycles. The summed E-state index contributed by atoms with van der Waals surface area (Å²) in [6.07, 6.45) is 1.79. The molecule has 1 amide bonds. The normalized spacial score (nSPS) is 10.9. The van der Waals surface area contributed by atoms with Crippen molar-refractivity contribution in [1.29, 1.82) is 0 Å². The lowest BCUT2D eigenvalue weighted by molar-refractivity contribution is 0.0950. The van der Waals surface area contributed by atoms with Crippen LogP contribution in [0.5, 0.6) is 0 Å². The van der Waals surface area contributed by atoms with E-state index in [2.05, 4.69) is 15.2 Å². The van der Waals surface area contributed by atoms with E-state index < -0.39 is 0 Å². The molecule has 1 heterocycles. The maximum absolute atomic E-state index is 12.3. The third-order valence-corrected chi connectivity index (χ3v) is 3.58. The lowest BCUT2D eigenvalue weighted by atomic mass is 10.1. The fraction of sp³-hybridized carbons (Fsp3) is 0.412. The second kappa shape index (κ2) is 7.28. The van der Waals surface area contributed by atoms with Crippen molar-refractivity contribution in [2.45, 2.75) is 13.1 Å². The average Bonchev–Trinajstić information content (AvgIpc) is 2.85. The van der Waals surface area contributed by atoms with Gasteiger partial charge in [0.2, 0.25) is 5.95 Å². The van der Waals surface area contributed by atoms with Gasteiger partial charge in [-0.2, -0.15) is 0 Å². The molecule has 1 N–H and O–H groups in total. The molecule has 0 radical (unpaired) electrons. The van der Waals surface area contributed by atoms with Crippen molar-refractivity contribution in [3.8, 4) is 0 Å². The highest BCUT2D eigenvalue weighted by atomic mass is 16.1. The molecule has 2 aromatic rings. The van der Waals surface area contributed by atoms with Crippen LogP contribution in [0.25, 0.3) is 0 Å². The van der Waals surface area contributed by atoms with Gasteiger partial charge in [0.1, 0.15) is 0 Å². The smallest absolute Gasteiger partial charge is 0.251 e. The third-order valence-electron chi connectivity index (χ3n) is 3.58. The fourth-order valence-electron chi connectivity index (χ4n) is 2.46. The largest absolute Gasteiger partial charge is 0.348 e. The maximum atomic E-state index is 12.3. The highest BCUT2D eigenvalue weighted by Gasteiger charge is 2.11. The summed E-state index contributed by atoms with van der Waals surface area (Å²) in [5.41, 5.74) is 2.77. The minimum atomic E-state index is -0.0711. The monoisotopic (exact) mass is 315 g/mol. The quantitative estimate of drug-likeness (QED) is 0.877. The molecular weight excluding hydrogens is 290 g/mol. The molecule has 6 nitrogen and oxygen atoms in total. The minimum absolute atomic E-state index is 0.0711. The Kier molecular flexibility index (Phi) is 5.39. The third kappa shape index (κ3) is 4.32. The van der Waals surface area contributed by atoms with Gasteiger partial charge in [0.25, 0.3) is 5.91 Å². The van der Waals surface area contributed by atoms with Crippen LogP contribution >= 0.6 is 0 Å². The number of anilines is 1. The molecule has 2 rings (SSSR count). The molecule has 0 aliphatic carbocycles. The lowest BCUT2D eigenvalue weighted by Gasteiger charge is -2.13. The zero-order chi connectivity index (χ0) is 17.0. The number of nitrogens with zero attached hydrogens (tertiary/aromatic N) is 4. The first-order valence-electron chi connectivity index (χ1n) is 7.58. The van der Waals surface area contributed by atoms with Crippen LogP contribution in [0.4, 0.5) is 5.95 Å². The summed E-state index contributed by atoms with van der Waals surface area (Å²) in [6.45, 7) is 1.27. The average molecular weight is 315 g/mol. The molecule has 6 heteroatoms. The van der Waals surface area contributed by atoms with Gasteiger partial charge in [0.05, 0.1) is 18.4 Å². The van der Waals surface area contributed by atoms with Crippen LogP contribution < -0.4 is 10.2 Å². The van der Waals surface area contributed by atoms with Gasteiger partial charge in [0, 0.05) is 33.3 Å². The van der Waals surface area contributed by atoms with Gasteiger partial charge in [-0.15, -0.1) is 0 Å². The predicted octanol–water partition coefficient (Wildman–Crippen LogP) is 1.48. The van der Waals surface area contributed by atoms with Crippen molar-refractivity contribution in [3.63, 3.8) is 0 Å². The molecule has 0 spiro atoms. The fourth-order valence-corrected chi connectivity index (χ4v) is 2.46. The number of amides is 1. The molecule has 0 aliphatic heterocycles. The maximum Gasteiger partial charge on any atom is 0.251 e. The Morgan fingerprint density at radius 1 is 1.26 bits per heavy atom. The molecule has 0 saturated heterocycles. The molecule has 124 valence electrons. The summed E-state index contributed by atoms with van der Waals surface area (Å²) < 4.78 is 1.97. The van der Waals surface area contributed by atoms with E-state index >= 15 is 0 Å². The summed E-state index contributed by atoms with van der Waals surface area (Å²) in [7, 11) is 9.86. The van der Waals surface area contributed by atoms with E-state index in [-0.39, 0.29) is 5.91 Å². The van der Waals surface area contributed by atoms with Crippen molar-refractivity contribution in [1.82, 2.24) is 19.8 Å². The van der Waals surface area contributed by atoms with E-state index in [1.807, 2.05) is 69.0 Å². The summed E-state index contributed by atoms with van der Waals surface area (Å²) in [4.78, 5) is 20.7. The number of aromatic nitrogens is 2. The van der Waals surface area contributed by atoms with Crippen LogP contribution in [-0.4, -0.2) is 48.5 Å². The van der Waals surface area contributed by atoms with Crippen LogP contribution in [-0.2, 0) is 20.1 Å². The van der Waals surface area contributed by atoms with Crippen molar-refractivity contribution in [2.24, 2.45) is 7.05 Å². The summed E-state index contributed by atoms with van der Waals surface area (Å²) in [5.74, 6) is 0.792. The lowest BCUT2D eigenvalue weighted by Crippen LogP contribution is -2.24. The molecule has 0 atom stereocenters. The highest BCUT2D eigenvalue weighted by Crippen LogP contribution is 2.11. The predicted molar refractivity (Wildman–Crippen MR) is 92.5 cm³/mol. The van der Waals surface area contributed by atoms with E-state index in [1.54, 1.807) is 6.20 Å². The SMILES string of the molecule is CN(C)Cc1cccc(C(=O)NCc2cnc(N(C)C)n2C)c1. The van der Waals surface area contributed by atoms with E-state index in [0.717, 1.165) is 23.8 Å². The van der Waals surface area contributed by atoms with Crippen molar-refractivity contribution >= 4 is 11.9 Å². The Morgan fingerprint density at radius 2 is 2.00 bits per heavy atom. The number of rotatable bonds is 6. The molecule has 1 aromatic carbocycles. The topological polar surface area (TPSA) is 53.4 Å². The Balaban J connectivity index is 2.02. The van der Waals surface area contributed by atoms with Crippen molar-refractivity contribution in [3.05, 3.63) is 47.3 Å². The van der Waals surface area contributed by atoms with Crippen molar-refractivity contribution < 1.29 is 4.79 Å². The Hall–Kier alpha value is -2.34. The van der Waals surface area contributed by atoms with Crippen molar-refractivity contribution in [2.75, 3.05) is 33.1 Å². The van der Waals surface area contributed by atoms with E-state index in [9.17, 15) is 4.79 Å². The molecule has 23 heavy (non-hydrogen) atoms. The second-order valence-electron chi connectivity index (χ2n) is 6.12.